The fraction of sp³-hybridized carbons (Fsp3) is 0.150. The summed E-state index contributed by atoms with van der Waals surface area (Å²) in [6, 6.07) is 11.5. The molecule has 1 amide bonds. The normalized spacial score (nSPS) is 10.9. The van der Waals surface area contributed by atoms with Gasteiger partial charge in [-0.1, -0.05) is 0 Å². The Hall–Kier alpha value is -3.61. The quantitative estimate of drug-likeness (QED) is 0.489. The number of pyridine rings is 1. The first-order valence-electron chi connectivity index (χ1n) is 8.62. The van der Waals surface area contributed by atoms with Gasteiger partial charge in [0.2, 0.25) is 5.91 Å². The van der Waals surface area contributed by atoms with E-state index in [1.54, 1.807) is 25.7 Å². The zero-order valence-electron chi connectivity index (χ0n) is 14.8. The molecule has 7 nitrogen and oxygen atoms in total. The van der Waals surface area contributed by atoms with Gasteiger partial charge in [-0.05, 0) is 36.8 Å². The monoisotopic (exact) mass is 361 g/mol. The van der Waals surface area contributed by atoms with Crippen LogP contribution in [-0.4, -0.2) is 33.2 Å². The van der Waals surface area contributed by atoms with Crippen LogP contribution in [0.2, 0.25) is 0 Å². The number of hydrogen-bond donors (Lipinski definition) is 3. The average molecular weight is 361 g/mol. The highest BCUT2D eigenvalue weighted by Crippen LogP contribution is 2.31. The summed E-state index contributed by atoms with van der Waals surface area (Å²) < 4.78 is 5.45. The molecular weight excluding hydrogens is 342 g/mol. The molecule has 3 N–H and O–H groups in total. The summed E-state index contributed by atoms with van der Waals surface area (Å²) in [5.74, 6) is 0.621. The van der Waals surface area contributed by atoms with Crippen molar-refractivity contribution in [1.82, 2.24) is 20.2 Å². The van der Waals surface area contributed by atoms with E-state index in [1.807, 2.05) is 36.4 Å². The smallest absolute Gasteiger partial charge is 0.224 e. The van der Waals surface area contributed by atoms with Crippen molar-refractivity contribution in [3.8, 4) is 16.9 Å². The van der Waals surface area contributed by atoms with Crippen LogP contribution in [0.1, 0.15) is 12.1 Å². The maximum atomic E-state index is 12.3. The Morgan fingerprint density at radius 1 is 1.26 bits per heavy atom. The minimum atomic E-state index is -0.0558. The first kappa shape index (κ1) is 16.8. The number of nitrogens with zero attached hydrogens (tertiary/aromatic N) is 2. The number of H-pyrrole nitrogens is 2. The molecule has 3 aromatic heterocycles. The molecule has 27 heavy (non-hydrogen) atoms. The van der Waals surface area contributed by atoms with Gasteiger partial charge in [-0.3, -0.25) is 9.89 Å². The maximum absolute atomic E-state index is 12.3. The fourth-order valence-electron chi connectivity index (χ4n) is 3.03. The lowest BCUT2D eigenvalue weighted by molar-refractivity contribution is -0.116. The van der Waals surface area contributed by atoms with Crippen LogP contribution in [0.4, 0.5) is 5.69 Å². The molecule has 136 valence electrons. The largest absolute Gasteiger partial charge is 0.496 e. The molecule has 3 heterocycles. The Morgan fingerprint density at radius 3 is 2.96 bits per heavy atom. The summed E-state index contributed by atoms with van der Waals surface area (Å²) >= 11 is 0. The molecule has 0 fully saturated rings. The Balaban J connectivity index is 1.41. The highest BCUT2D eigenvalue weighted by Gasteiger charge is 2.10. The molecule has 0 atom stereocenters. The van der Waals surface area contributed by atoms with Gasteiger partial charge >= 0.3 is 0 Å². The van der Waals surface area contributed by atoms with Crippen molar-refractivity contribution in [3.05, 3.63) is 60.7 Å². The third-order valence-electron chi connectivity index (χ3n) is 4.36. The summed E-state index contributed by atoms with van der Waals surface area (Å²) in [6.45, 7) is 0. The van der Waals surface area contributed by atoms with Crippen LogP contribution in [0.25, 0.3) is 22.2 Å². The van der Waals surface area contributed by atoms with Crippen LogP contribution in [0, 0.1) is 0 Å². The summed E-state index contributed by atoms with van der Waals surface area (Å²) in [4.78, 5) is 19.8. The Kier molecular flexibility index (Phi) is 4.57. The van der Waals surface area contributed by atoms with Gasteiger partial charge in [0.25, 0.3) is 0 Å². The number of amides is 1. The Bertz CT molecular complexity index is 1040. The van der Waals surface area contributed by atoms with Crippen molar-refractivity contribution in [2.75, 3.05) is 12.4 Å². The zero-order chi connectivity index (χ0) is 18.6. The molecule has 0 aliphatic carbocycles. The van der Waals surface area contributed by atoms with E-state index in [1.165, 1.54) is 0 Å². The number of benzene rings is 1. The Labute approximate surface area is 155 Å². The number of anilines is 1. The molecule has 0 aliphatic rings. The van der Waals surface area contributed by atoms with E-state index in [2.05, 4.69) is 25.5 Å². The average Bonchev–Trinajstić information content (AvgIpc) is 3.35. The van der Waals surface area contributed by atoms with E-state index < -0.39 is 0 Å². The number of fused-ring (bicyclic) bond motifs is 1. The second-order valence-electron chi connectivity index (χ2n) is 6.19. The number of hydrogen-bond acceptors (Lipinski definition) is 4. The molecule has 0 radical (unpaired) electrons. The van der Waals surface area contributed by atoms with Crippen LogP contribution >= 0.6 is 0 Å². The number of aryl methyl sites for hydroxylation is 1. The van der Waals surface area contributed by atoms with Crippen molar-refractivity contribution in [2.45, 2.75) is 12.8 Å². The molecule has 1 aromatic carbocycles. The molecule has 0 saturated heterocycles. The summed E-state index contributed by atoms with van der Waals surface area (Å²) in [7, 11) is 1.61. The number of carbonyl (C=O) groups is 1. The van der Waals surface area contributed by atoms with E-state index in [4.69, 9.17) is 4.74 Å². The topological polar surface area (TPSA) is 95.7 Å². The van der Waals surface area contributed by atoms with Crippen LogP contribution in [-0.2, 0) is 11.2 Å². The van der Waals surface area contributed by atoms with Crippen LogP contribution < -0.4 is 10.1 Å². The van der Waals surface area contributed by atoms with Gasteiger partial charge in [-0.25, -0.2) is 4.98 Å². The van der Waals surface area contributed by atoms with Crippen molar-refractivity contribution < 1.29 is 9.53 Å². The van der Waals surface area contributed by atoms with Crippen LogP contribution in [0.3, 0.4) is 0 Å². The number of aromatic amines is 2. The highest BCUT2D eigenvalue weighted by atomic mass is 16.5. The molecule has 0 unspecified atom stereocenters. The number of rotatable bonds is 6. The molecule has 7 heteroatoms. The van der Waals surface area contributed by atoms with E-state index in [-0.39, 0.29) is 5.91 Å². The molecule has 0 aliphatic heterocycles. The summed E-state index contributed by atoms with van der Waals surface area (Å²) in [5.41, 5.74) is 4.37. The van der Waals surface area contributed by atoms with Crippen LogP contribution in [0.15, 0.2) is 55.0 Å². The first-order valence-corrected chi connectivity index (χ1v) is 8.62. The van der Waals surface area contributed by atoms with E-state index in [0.717, 1.165) is 27.9 Å². The minimum Gasteiger partial charge on any atom is -0.496 e. The second kappa shape index (κ2) is 7.33. The van der Waals surface area contributed by atoms with Crippen molar-refractivity contribution in [2.24, 2.45) is 0 Å². The highest BCUT2D eigenvalue weighted by molar-refractivity contribution is 5.91. The lowest BCUT2D eigenvalue weighted by atomic mass is 10.1. The number of aromatic nitrogens is 4. The predicted molar refractivity (Wildman–Crippen MR) is 104 cm³/mol. The van der Waals surface area contributed by atoms with Crippen molar-refractivity contribution in [1.29, 1.82) is 0 Å². The lowest BCUT2D eigenvalue weighted by Crippen LogP contribution is -2.12. The number of ether oxygens (including phenoxy) is 1. The molecule has 4 aromatic rings. The standard InChI is InChI=1S/C20H19N5O2/c1-27-18-10-16(4-6-17(18)14-11-22-23-12-14)24-19(26)7-5-15-9-13-3-2-8-21-20(13)25-15/h2-4,6,8-12H,5,7H2,1H3,(H,21,25)(H,22,23)(H,24,26). The van der Waals surface area contributed by atoms with Gasteiger partial charge in [-0.15, -0.1) is 0 Å². The molecule has 0 bridgehead atoms. The van der Waals surface area contributed by atoms with E-state index >= 15 is 0 Å². The summed E-state index contributed by atoms with van der Waals surface area (Å²) in [5, 5.41) is 10.7. The molecule has 0 spiro atoms. The van der Waals surface area contributed by atoms with Crippen LogP contribution in [0.5, 0.6) is 5.75 Å². The third kappa shape index (κ3) is 3.67. The number of carbonyl (C=O) groups excluding carboxylic acids is 1. The maximum Gasteiger partial charge on any atom is 0.224 e. The van der Waals surface area contributed by atoms with Gasteiger partial charge in [-0.2, -0.15) is 5.10 Å². The van der Waals surface area contributed by atoms with E-state index in [9.17, 15) is 4.79 Å². The van der Waals surface area contributed by atoms with Gasteiger partial charge in [0.05, 0.1) is 13.3 Å². The zero-order valence-corrected chi connectivity index (χ0v) is 14.8. The SMILES string of the molecule is COc1cc(NC(=O)CCc2cc3cccnc3[nH]2)ccc1-c1cn[nH]c1. The van der Waals surface area contributed by atoms with Gasteiger partial charge in [0.15, 0.2) is 0 Å². The van der Waals surface area contributed by atoms with Gasteiger partial charge in [0, 0.05) is 52.8 Å². The fourth-order valence-corrected chi connectivity index (χ4v) is 3.03. The Morgan fingerprint density at radius 2 is 2.19 bits per heavy atom. The number of nitrogens with one attached hydrogen (secondary N) is 3. The minimum absolute atomic E-state index is 0.0558. The second-order valence-corrected chi connectivity index (χ2v) is 6.19. The summed E-state index contributed by atoms with van der Waals surface area (Å²) in [6.07, 6.45) is 6.26. The molecule has 0 saturated carbocycles. The number of methoxy groups -OCH3 is 1. The molecule has 4 rings (SSSR count). The van der Waals surface area contributed by atoms with Crippen molar-refractivity contribution in [3.63, 3.8) is 0 Å². The van der Waals surface area contributed by atoms with Crippen molar-refractivity contribution >= 4 is 22.6 Å². The third-order valence-corrected chi connectivity index (χ3v) is 4.36. The van der Waals surface area contributed by atoms with Gasteiger partial charge < -0.3 is 15.0 Å². The first-order chi connectivity index (χ1) is 13.2. The predicted octanol–water partition coefficient (Wildman–Crippen LogP) is 3.53. The lowest BCUT2D eigenvalue weighted by Gasteiger charge is -2.10. The van der Waals surface area contributed by atoms with E-state index in [0.29, 0.717) is 24.3 Å². The van der Waals surface area contributed by atoms with Gasteiger partial charge in [0.1, 0.15) is 11.4 Å². The molecular formula is C20H19N5O2.